The van der Waals surface area contributed by atoms with E-state index in [1.807, 2.05) is 18.4 Å². The number of thiophene rings is 1. The number of benzene rings is 1. The third kappa shape index (κ3) is 3.91. The molecule has 0 fully saturated rings. The fourth-order valence-corrected chi connectivity index (χ4v) is 3.66. The molecule has 1 heterocycles. The highest BCUT2D eigenvalue weighted by Crippen LogP contribution is 2.26. The summed E-state index contributed by atoms with van der Waals surface area (Å²) in [5, 5.41) is 5.56. The van der Waals surface area contributed by atoms with Crippen molar-refractivity contribution < 1.29 is 0 Å². The van der Waals surface area contributed by atoms with E-state index < -0.39 is 0 Å². The standard InChI is InChI=1S/C16H20BrNS/c1-11(2)12-4-6-13(7-5-12)16(18-3)9-15-8-14(17)10-19-15/h4-8,10-11,16,18H,9H2,1-3H3. The molecule has 0 aliphatic heterocycles. The Kier molecular flexibility index (Phi) is 5.20. The Morgan fingerprint density at radius 1 is 1.16 bits per heavy atom. The zero-order chi connectivity index (χ0) is 13.8. The molecular formula is C16H20BrNS. The van der Waals surface area contributed by atoms with Gasteiger partial charge in [0, 0.05) is 27.2 Å². The van der Waals surface area contributed by atoms with E-state index in [0.717, 1.165) is 6.42 Å². The summed E-state index contributed by atoms with van der Waals surface area (Å²) < 4.78 is 1.18. The van der Waals surface area contributed by atoms with Gasteiger partial charge in [0.2, 0.25) is 0 Å². The molecule has 102 valence electrons. The van der Waals surface area contributed by atoms with E-state index in [1.165, 1.54) is 20.5 Å². The SMILES string of the molecule is CNC(Cc1cc(Br)cs1)c1ccc(C(C)C)cc1. The molecule has 1 unspecified atom stereocenters. The van der Waals surface area contributed by atoms with E-state index in [0.29, 0.717) is 12.0 Å². The van der Waals surface area contributed by atoms with E-state index in [9.17, 15) is 0 Å². The van der Waals surface area contributed by atoms with Crippen LogP contribution in [0.25, 0.3) is 0 Å². The summed E-state index contributed by atoms with van der Waals surface area (Å²) in [6, 6.07) is 11.6. The molecule has 0 spiro atoms. The van der Waals surface area contributed by atoms with Gasteiger partial charge in [-0.2, -0.15) is 0 Å². The monoisotopic (exact) mass is 337 g/mol. The molecule has 0 aliphatic rings. The van der Waals surface area contributed by atoms with Gasteiger partial charge in [0.25, 0.3) is 0 Å². The Morgan fingerprint density at radius 2 is 1.79 bits per heavy atom. The van der Waals surface area contributed by atoms with Gasteiger partial charge in [-0.3, -0.25) is 0 Å². The molecule has 1 aromatic carbocycles. The van der Waals surface area contributed by atoms with Gasteiger partial charge >= 0.3 is 0 Å². The van der Waals surface area contributed by atoms with E-state index in [4.69, 9.17) is 0 Å². The van der Waals surface area contributed by atoms with Crippen LogP contribution in [0.2, 0.25) is 0 Å². The van der Waals surface area contributed by atoms with Crippen LogP contribution < -0.4 is 5.32 Å². The Labute approximate surface area is 128 Å². The summed E-state index contributed by atoms with van der Waals surface area (Å²) in [7, 11) is 2.03. The molecular weight excluding hydrogens is 318 g/mol. The van der Waals surface area contributed by atoms with Crippen molar-refractivity contribution in [3.8, 4) is 0 Å². The lowest BCUT2D eigenvalue weighted by Crippen LogP contribution is -2.18. The first-order valence-corrected chi connectivity index (χ1v) is 8.27. The minimum Gasteiger partial charge on any atom is -0.313 e. The van der Waals surface area contributed by atoms with Crippen LogP contribution in [0.5, 0.6) is 0 Å². The largest absolute Gasteiger partial charge is 0.313 e. The lowest BCUT2D eigenvalue weighted by molar-refractivity contribution is 0.596. The molecule has 1 aromatic heterocycles. The number of nitrogens with one attached hydrogen (secondary N) is 1. The highest BCUT2D eigenvalue weighted by Gasteiger charge is 2.11. The average molecular weight is 338 g/mol. The van der Waals surface area contributed by atoms with E-state index in [1.54, 1.807) is 0 Å². The molecule has 2 aromatic rings. The summed E-state index contributed by atoms with van der Waals surface area (Å²) in [5.41, 5.74) is 2.76. The minimum atomic E-state index is 0.381. The number of likely N-dealkylation sites (N-methyl/N-ethyl adjacent to an activating group) is 1. The maximum atomic E-state index is 3.52. The van der Waals surface area contributed by atoms with Crippen LogP contribution in [0.3, 0.4) is 0 Å². The second-order valence-electron chi connectivity index (χ2n) is 5.10. The van der Waals surface area contributed by atoms with Crippen LogP contribution in [-0.2, 0) is 6.42 Å². The summed E-state index contributed by atoms with van der Waals surface area (Å²) in [5.74, 6) is 0.593. The molecule has 3 heteroatoms. The molecule has 0 radical (unpaired) electrons. The summed E-state index contributed by atoms with van der Waals surface area (Å²) >= 11 is 5.32. The van der Waals surface area contributed by atoms with Crippen molar-refractivity contribution in [3.63, 3.8) is 0 Å². The molecule has 0 aliphatic carbocycles. The van der Waals surface area contributed by atoms with Crippen LogP contribution in [0.1, 0.15) is 41.8 Å². The maximum absolute atomic E-state index is 3.52. The smallest absolute Gasteiger partial charge is 0.0366 e. The van der Waals surface area contributed by atoms with Crippen LogP contribution in [0, 0.1) is 0 Å². The van der Waals surface area contributed by atoms with Crippen molar-refractivity contribution in [2.45, 2.75) is 32.2 Å². The van der Waals surface area contributed by atoms with Crippen LogP contribution >= 0.6 is 27.3 Å². The van der Waals surface area contributed by atoms with Crippen molar-refractivity contribution in [1.29, 1.82) is 0 Å². The van der Waals surface area contributed by atoms with E-state index in [-0.39, 0.29) is 0 Å². The van der Waals surface area contributed by atoms with Gasteiger partial charge in [-0.15, -0.1) is 11.3 Å². The third-order valence-corrected chi connectivity index (χ3v) is 5.10. The van der Waals surface area contributed by atoms with Gasteiger partial charge in [-0.1, -0.05) is 38.1 Å². The zero-order valence-electron chi connectivity index (χ0n) is 11.6. The third-order valence-electron chi connectivity index (χ3n) is 3.38. The van der Waals surface area contributed by atoms with Gasteiger partial charge in [0.1, 0.15) is 0 Å². The van der Waals surface area contributed by atoms with E-state index >= 15 is 0 Å². The highest BCUT2D eigenvalue weighted by atomic mass is 79.9. The topological polar surface area (TPSA) is 12.0 Å². The predicted octanol–water partition coefficient (Wildman–Crippen LogP) is 5.14. The first kappa shape index (κ1) is 14.8. The quantitative estimate of drug-likeness (QED) is 0.796. The summed E-state index contributed by atoms with van der Waals surface area (Å²) in [6.07, 6.45) is 1.04. The van der Waals surface area contributed by atoms with Gasteiger partial charge in [0.15, 0.2) is 0 Å². The van der Waals surface area contributed by atoms with Crippen LogP contribution in [0.4, 0.5) is 0 Å². The van der Waals surface area contributed by atoms with Crippen molar-refractivity contribution >= 4 is 27.3 Å². The normalized spacial score (nSPS) is 12.9. The fraction of sp³-hybridized carbons (Fsp3) is 0.375. The first-order chi connectivity index (χ1) is 9.10. The molecule has 1 N–H and O–H groups in total. The Morgan fingerprint density at radius 3 is 2.26 bits per heavy atom. The average Bonchev–Trinajstić information content (AvgIpc) is 2.81. The van der Waals surface area contributed by atoms with Crippen LogP contribution in [-0.4, -0.2) is 7.05 Å². The lowest BCUT2D eigenvalue weighted by atomic mass is 9.97. The number of rotatable bonds is 5. The van der Waals surface area contributed by atoms with Gasteiger partial charge in [-0.05, 0) is 46.1 Å². The lowest BCUT2D eigenvalue weighted by Gasteiger charge is -2.17. The molecule has 2 rings (SSSR count). The minimum absolute atomic E-state index is 0.381. The van der Waals surface area contributed by atoms with Gasteiger partial charge in [-0.25, -0.2) is 0 Å². The van der Waals surface area contributed by atoms with Gasteiger partial charge < -0.3 is 5.32 Å². The Bertz CT molecular complexity index is 516. The molecule has 0 saturated carbocycles. The number of hydrogen-bond acceptors (Lipinski definition) is 2. The molecule has 0 saturated heterocycles. The zero-order valence-corrected chi connectivity index (χ0v) is 14.0. The fourth-order valence-electron chi connectivity index (χ4n) is 2.16. The molecule has 0 amide bonds. The van der Waals surface area contributed by atoms with Gasteiger partial charge in [0.05, 0.1) is 0 Å². The second kappa shape index (κ2) is 6.69. The summed E-state index contributed by atoms with van der Waals surface area (Å²) in [6.45, 7) is 4.46. The first-order valence-electron chi connectivity index (χ1n) is 6.60. The predicted molar refractivity (Wildman–Crippen MR) is 88.1 cm³/mol. The molecule has 19 heavy (non-hydrogen) atoms. The number of halogens is 1. The Hall–Kier alpha value is -0.640. The van der Waals surface area contributed by atoms with Crippen molar-refractivity contribution in [3.05, 3.63) is 56.2 Å². The molecule has 1 nitrogen and oxygen atoms in total. The highest BCUT2D eigenvalue weighted by molar-refractivity contribution is 9.10. The molecule has 0 bridgehead atoms. The number of hydrogen-bond donors (Lipinski definition) is 1. The second-order valence-corrected chi connectivity index (χ2v) is 7.01. The summed E-state index contributed by atoms with van der Waals surface area (Å²) in [4.78, 5) is 1.40. The molecule has 1 atom stereocenters. The van der Waals surface area contributed by atoms with E-state index in [2.05, 4.69) is 70.8 Å². The van der Waals surface area contributed by atoms with Crippen molar-refractivity contribution in [2.75, 3.05) is 7.05 Å². The van der Waals surface area contributed by atoms with Crippen molar-refractivity contribution in [2.24, 2.45) is 0 Å². The maximum Gasteiger partial charge on any atom is 0.0366 e. The van der Waals surface area contributed by atoms with Crippen LogP contribution in [0.15, 0.2) is 40.2 Å². The van der Waals surface area contributed by atoms with Crippen molar-refractivity contribution in [1.82, 2.24) is 5.32 Å². The Balaban J connectivity index is 2.12.